The van der Waals surface area contributed by atoms with Crippen LogP contribution in [0.2, 0.25) is 0 Å². The molecule has 0 heterocycles. The zero-order chi connectivity index (χ0) is 16.1. The predicted molar refractivity (Wildman–Crippen MR) is 101 cm³/mol. The minimum absolute atomic E-state index is 1.06. The lowest BCUT2D eigenvalue weighted by molar-refractivity contribution is 0.841. The predicted octanol–water partition coefficient (Wildman–Crippen LogP) is 6.28. The first-order valence-electron chi connectivity index (χ1n) is 8.78. The zero-order valence-electron chi connectivity index (χ0n) is 14.1. The molecule has 0 fully saturated rings. The van der Waals surface area contributed by atoms with Crippen molar-refractivity contribution < 1.29 is 0 Å². The molecular weight excluding hydrogens is 276 g/mol. The molecule has 0 spiro atoms. The van der Waals surface area contributed by atoms with Crippen LogP contribution in [0.4, 0.5) is 0 Å². The third-order valence-electron chi connectivity index (χ3n) is 4.72. The summed E-state index contributed by atoms with van der Waals surface area (Å²) in [5.74, 6) is 0. The van der Waals surface area contributed by atoms with Crippen molar-refractivity contribution in [1.82, 2.24) is 0 Å². The molecule has 1 aliphatic rings. The third kappa shape index (κ3) is 3.64. The molecule has 0 bridgehead atoms. The maximum atomic E-state index is 3.82. The number of benzene rings is 2. The summed E-state index contributed by atoms with van der Waals surface area (Å²) in [6.07, 6.45) is 13.3. The van der Waals surface area contributed by atoms with Crippen LogP contribution in [0, 0.1) is 0 Å². The second-order valence-electron chi connectivity index (χ2n) is 6.45. The topological polar surface area (TPSA) is 0 Å². The maximum Gasteiger partial charge on any atom is -0.00133 e. The highest BCUT2D eigenvalue weighted by atomic mass is 14.2. The van der Waals surface area contributed by atoms with Crippen LogP contribution in [0.25, 0.3) is 11.1 Å². The Morgan fingerprint density at radius 2 is 1.57 bits per heavy atom. The number of hydrogen-bond donors (Lipinski definition) is 0. The van der Waals surface area contributed by atoms with Gasteiger partial charge in [0, 0.05) is 0 Å². The summed E-state index contributed by atoms with van der Waals surface area (Å²) in [6.45, 7) is 5.92. The van der Waals surface area contributed by atoms with Gasteiger partial charge in [-0.2, -0.15) is 0 Å². The Morgan fingerprint density at radius 3 is 2.17 bits per heavy atom. The summed E-state index contributed by atoms with van der Waals surface area (Å²) in [7, 11) is 0. The molecule has 0 atom stereocenters. The Bertz CT molecular complexity index is 719. The molecule has 0 nitrogen and oxygen atoms in total. The van der Waals surface area contributed by atoms with Crippen LogP contribution in [0.15, 0.2) is 61.2 Å². The van der Waals surface area contributed by atoms with Crippen LogP contribution < -0.4 is 0 Å². The van der Waals surface area contributed by atoms with Gasteiger partial charge in [-0.25, -0.2) is 0 Å². The van der Waals surface area contributed by atoms with E-state index < -0.39 is 0 Å². The minimum atomic E-state index is 1.06. The van der Waals surface area contributed by atoms with Gasteiger partial charge >= 0.3 is 0 Å². The Kier molecular flexibility index (Phi) is 5.12. The Morgan fingerprint density at radius 1 is 0.913 bits per heavy atom. The molecule has 0 heteroatoms. The fourth-order valence-electron chi connectivity index (χ4n) is 3.49. The van der Waals surface area contributed by atoms with Crippen molar-refractivity contribution in [3.05, 3.63) is 83.5 Å². The average Bonchev–Trinajstić information content (AvgIpc) is 2.93. The summed E-state index contributed by atoms with van der Waals surface area (Å²) in [5.41, 5.74) is 8.78. The quantitative estimate of drug-likeness (QED) is 0.356. The normalized spacial score (nSPS) is 12.4. The highest BCUT2D eigenvalue weighted by molar-refractivity contribution is 5.77. The van der Waals surface area contributed by atoms with Crippen molar-refractivity contribution in [3.63, 3.8) is 0 Å². The fraction of sp³-hybridized carbons (Fsp3) is 0.304. The summed E-state index contributed by atoms with van der Waals surface area (Å²) >= 11 is 0. The number of allylic oxidation sites excluding steroid dienone is 3. The highest BCUT2D eigenvalue weighted by Gasteiger charge is 2.18. The van der Waals surface area contributed by atoms with Crippen molar-refractivity contribution >= 4 is 0 Å². The van der Waals surface area contributed by atoms with Gasteiger partial charge in [-0.15, -0.1) is 6.58 Å². The van der Waals surface area contributed by atoms with Crippen molar-refractivity contribution in [2.45, 2.75) is 45.4 Å². The average molecular weight is 302 g/mol. The second kappa shape index (κ2) is 7.46. The molecule has 23 heavy (non-hydrogen) atoms. The van der Waals surface area contributed by atoms with Crippen molar-refractivity contribution in [2.24, 2.45) is 0 Å². The molecule has 118 valence electrons. The fourth-order valence-corrected chi connectivity index (χ4v) is 3.49. The molecule has 0 saturated carbocycles. The molecule has 0 aliphatic heterocycles. The molecule has 0 aromatic heterocycles. The maximum absolute atomic E-state index is 3.82. The number of rotatable bonds is 7. The molecule has 1 aliphatic carbocycles. The largest absolute Gasteiger partial charge is 0.103 e. The first-order chi connectivity index (χ1) is 11.3. The van der Waals surface area contributed by atoms with Crippen LogP contribution >= 0.6 is 0 Å². The minimum Gasteiger partial charge on any atom is -0.103 e. The van der Waals surface area contributed by atoms with Crippen molar-refractivity contribution in [1.29, 1.82) is 0 Å². The van der Waals surface area contributed by atoms with E-state index in [0.29, 0.717) is 0 Å². The molecule has 2 aromatic carbocycles. The van der Waals surface area contributed by atoms with Gasteiger partial charge in [-0.1, -0.05) is 54.6 Å². The molecule has 0 amide bonds. The van der Waals surface area contributed by atoms with E-state index in [1.807, 2.05) is 6.08 Å². The lowest BCUT2D eigenvalue weighted by Gasteiger charge is -2.05. The lowest BCUT2D eigenvalue weighted by atomic mass is 9.99. The summed E-state index contributed by atoms with van der Waals surface area (Å²) < 4.78 is 0. The smallest absolute Gasteiger partial charge is 0.00133 e. The van der Waals surface area contributed by atoms with Gasteiger partial charge in [0.25, 0.3) is 0 Å². The van der Waals surface area contributed by atoms with E-state index in [1.165, 1.54) is 52.6 Å². The monoisotopic (exact) mass is 302 g/mol. The molecular formula is C23H26. The summed E-state index contributed by atoms with van der Waals surface area (Å²) in [4.78, 5) is 0. The number of unbranched alkanes of at least 4 members (excludes halogenated alkanes) is 1. The van der Waals surface area contributed by atoms with Gasteiger partial charge in [0.05, 0.1) is 0 Å². The molecule has 0 radical (unpaired) electrons. The second-order valence-corrected chi connectivity index (χ2v) is 6.45. The van der Waals surface area contributed by atoms with Crippen LogP contribution in [-0.4, -0.2) is 0 Å². The first-order valence-corrected chi connectivity index (χ1v) is 8.78. The Labute approximate surface area is 140 Å². The highest BCUT2D eigenvalue weighted by Crippen LogP contribution is 2.37. The van der Waals surface area contributed by atoms with Crippen LogP contribution in [0.5, 0.6) is 0 Å². The van der Waals surface area contributed by atoms with Gasteiger partial charge < -0.3 is 0 Å². The van der Waals surface area contributed by atoms with Gasteiger partial charge in [0.2, 0.25) is 0 Å². The zero-order valence-corrected chi connectivity index (χ0v) is 14.1. The molecule has 0 saturated heterocycles. The van der Waals surface area contributed by atoms with Crippen LogP contribution in [0.3, 0.4) is 0 Å². The molecule has 2 aromatic rings. The van der Waals surface area contributed by atoms with Crippen molar-refractivity contribution in [3.8, 4) is 11.1 Å². The summed E-state index contributed by atoms with van der Waals surface area (Å²) in [5, 5.41) is 0. The van der Waals surface area contributed by atoms with Crippen LogP contribution in [0.1, 0.15) is 48.4 Å². The van der Waals surface area contributed by atoms with E-state index in [1.54, 1.807) is 0 Å². The van der Waals surface area contributed by atoms with E-state index >= 15 is 0 Å². The van der Waals surface area contributed by atoms with E-state index in [-0.39, 0.29) is 0 Å². The number of aryl methyl sites for hydroxylation is 2. The first kappa shape index (κ1) is 15.8. The third-order valence-corrected chi connectivity index (χ3v) is 4.72. The Hall–Kier alpha value is -2.08. The van der Waals surface area contributed by atoms with E-state index in [0.717, 1.165) is 19.3 Å². The Balaban J connectivity index is 1.74. The number of hydrogen-bond acceptors (Lipinski definition) is 0. The molecule has 3 rings (SSSR count). The van der Waals surface area contributed by atoms with E-state index in [9.17, 15) is 0 Å². The molecule has 0 unspecified atom stereocenters. The lowest BCUT2D eigenvalue weighted by Crippen LogP contribution is -1.88. The SMILES string of the molecule is C=CCCc1ccc2c(c1)Cc1cc(CCC/C=C/C)ccc1-2. The van der Waals surface area contributed by atoms with Gasteiger partial charge in [-0.3, -0.25) is 0 Å². The standard InChI is InChI=1S/C23H26/c1-3-5-7-8-10-19-12-14-23-21(16-19)17-20-15-18(9-6-4-2)11-13-22(20)23/h3-5,11-16H,2,6-10,17H2,1H3/b5-3+. The number of fused-ring (bicyclic) bond motifs is 3. The molecule has 0 N–H and O–H groups in total. The van der Waals surface area contributed by atoms with E-state index in [4.69, 9.17) is 0 Å². The van der Waals surface area contributed by atoms with Gasteiger partial charge in [-0.05, 0) is 78.8 Å². The van der Waals surface area contributed by atoms with Crippen molar-refractivity contribution in [2.75, 3.05) is 0 Å². The van der Waals surface area contributed by atoms with Gasteiger partial charge in [0.1, 0.15) is 0 Å². The van der Waals surface area contributed by atoms with Gasteiger partial charge in [0.15, 0.2) is 0 Å². The van der Waals surface area contributed by atoms with Crippen LogP contribution in [-0.2, 0) is 19.3 Å². The van der Waals surface area contributed by atoms with E-state index in [2.05, 4.69) is 62.1 Å². The summed E-state index contributed by atoms with van der Waals surface area (Å²) in [6, 6.07) is 14.1.